The molecule has 1 saturated heterocycles. The van der Waals surface area contributed by atoms with Gasteiger partial charge < -0.3 is 10.2 Å². The van der Waals surface area contributed by atoms with Crippen LogP contribution in [0.25, 0.3) is 0 Å². The minimum atomic E-state index is -4.50. The Morgan fingerprint density at radius 1 is 1.24 bits per heavy atom. The lowest BCUT2D eigenvalue weighted by Crippen LogP contribution is -2.33. The molecule has 0 bridgehead atoms. The summed E-state index contributed by atoms with van der Waals surface area (Å²) in [6.07, 6.45) is -0.468. The molecule has 2 aromatic rings. The molecule has 1 aromatic heterocycles. The molecule has 3 rings (SSSR count). The predicted molar refractivity (Wildman–Crippen MR) is 88.6 cm³/mol. The van der Waals surface area contributed by atoms with E-state index in [0.29, 0.717) is 19.0 Å². The summed E-state index contributed by atoms with van der Waals surface area (Å²) in [7, 11) is 0. The van der Waals surface area contributed by atoms with Crippen LogP contribution >= 0.6 is 15.9 Å². The van der Waals surface area contributed by atoms with Gasteiger partial charge in [-0.15, -0.1) is 0 Å². The zero-order chi connectivity index (χ0) is 18.0. The van der Waals surface area contributed by atoms with Gasteiger partial charge in [0.1, 0.15) is 5.82 Å². The molecule has 4 nitrogen and oxygen atoms in total. The molecule has 25 heavy (non-hydrogen) atoms. The molecular weight excluding hydrogens is 404 g/mol. The van der Waals surface area contributed by atoms with Crippen LogP contribution in [0, 0.1) is 5.82 Å². The summed E-state index contributed by atoms with van der Waals surface area (Å²) in [5, 5.41) is 3.08. The van der Waals surface area contributed by atoms with Crippen molar-refractivity contribution >= 4 is 21.9 Å². The number of anilines is 1. The van der Waals surface area contributed by atoms with Crippen molar-refractivity contribution in [1.29, 1.82) is 0 Å². The number of hydrogen-bond acceptors (Lipinski definition) is 4. The summed E-state index contributed by atoms with van der Waals surface area (Å²) in [5.41, 5.74) is -0.904. The maximum atomic E-state index is 13.3. The largest absolute Gasteiger partial charge is 0.416 e. The Kier molecular flexibility index (Phi) is 5.24. The Labute approximate surface area is 150 Å². The first-order chi connectivity index (χ1) is 11.8. The van der Waals surface area contributed by atoms with Gasteiger partial charge in [0.05, 0.1) is 10.0 Å². The molecular formula is C16H15BrF4N4. The van der Waals surface area contributed by atoms with Gasteiger partial charge in [-0.1, -0.05) is 0 Å². The first-order valence-electron chi connectivity index (χ1n) is 7.64. The Morgan fingerprint density at radius 3 is 2.64 bits per heavy atom. The molecule has 0 aliphatic carbocycles. The van der Waals surface area contributed by atoms with Gasteiger partial charge in [-0.05, 0) is 46.1 Å². The highest BCUT2D eigenvalue weighted by molar-refractivity contribution is 9.10. The fraction of sp³-hybridized carbons (Fsp3) is 0.375. The van der Waals surface area contributed by atoms with E-state index in [1.807, 2.05) is 4.90 Å². The van der Waals surface area contributed by atoms with Crippen LogP contribution in [0.2, 0.25) is 0 Å². The molecule has 1 aromatic carbocycles. The maximum absolute atomic E-state index is 13.3. The first-order valence-corrected chi connectivity index (χ1v) is 8.44. The summed E-state index contributed by atoms with van der Waals surface area (Å²) in [6, 6.07) is 2.52. The fourth-order valence-electron chi connectivity index (χ4n) is 2.82. The molecule has 2 heterocycles. The third-order valence-corrected chi connectivity index (χ3v) is 4.44. The van der Waals surface area contributed by atoms with Crippen LogP contribution in [-0.2, 0) is 12.7 Å². The second kappa shape index (κ2) is 7.25. The molecule has 134 valence electrons. The molecule has 0 spiro atoms. The van der Waals surface area contributed by atoms with E-state index in [1.54, 1.807) is 12.4 Å². The molecule has 1 fully saturated rings. The van der Waals surface area contributed by atoms with Crippen molar-refractivity contribution in [2.24, 2.45) is 0 Å². The standard InChI is InChI=1S/C16H15BrF4N4/c17-11-7-23-15(24-8-11)25-4-3-13(9-25)22-6-10-5-12(18)1-2-14(10)16(19,20)21/h1-2,5,7-8,13,22H,3-4,6,9H2. The van der Waals surface area contributed by atoms with E-state index in [1.165, 1.54) is 0 Å². The van der Waals surface area contributed by atoms with Gasteiger partial charge in [-0.3, -0.25) is 0 Å². The number of rotatable bonds is 4. The zero-order valence-electron chi connectivity index (χ0n) is 13.0. The first kappa shape index (κ1) is 18.1. The normalized spacial score (nSPS) is 18.0. The highest BCUT2D eigenvalue weighted by Crippen LogP contribution is 2.32. The van der Waals surface area contributed by atoms with Gasteiger partial charge in [-0.2, -0.15) is 13.2 Å². The molecule has 1 unspecified atom stereocenters. The van der Waals surface area contributed by atoms with Crippen molar-refractivity contribution in [3.05, 3.63) is 52.0 Å². The number of hydrogen-bond donors (Lipinski definition) is 1. The number of halogens is 5. The van der Waals surface area contributed by atoms with Crippen LogP contribution in [0.3, 0.4) is 0 Å². The Bertz CT molecular complexity index is 736. The Balaban J connectivity index is 1.63. The summed E-state index contributed by atoms with van der Waals surface area (Å²) < 4.78 is 53.2. The number of nitrogens with zero attached hydrogens (tertiary/aromatic N) is 3. The van der Waals surface area contributed by atoms with Crippen LogP contribution in [0.1, 0.15) is 17.5 Å². The lowest BCUT2D eigenvalue weighted by atomic mass is 10.1. The SMILES string of the molecule is Fc1ccc(C(F)(F)F)c(CNC2CCN(c3ncc(Br)cn3)C2)c1. The van der Waals surface area contributed by atoms with Crippen LogP contribution in [0.4, 0.5) is 23.5 Å². The lowest BCUT2D eigenvalue weighted by Gasteiger charge is -2.18. The monoisotopic (exact) mass is 418 g/mol. The Hall–Kier alpha value is -1.74. The molecule has 1 atom stereocenters. The molecule has 0 amide bonds. The van der Waals surface area contributed by atoms with Crippen molar-refractivity contribution in [3.63, 3.8) is 0 Å². The molecule has 0 saturated carbocycles. The molecule has 1 aliphatic heterocycles. The highest BCUT2D eigenvalue weighted by atomic mass is 79.9. The highest BCUT2D eigenvalue weighted by Gasteiger charge is 2.33. The van der Waals surface area contributed by atoms with E-state index in [4.69, 9.17) is 0 Å². The van der Waals surface area contributed by atoms with Gasteiger partial charge >= 0.3 is 6.18 Å². The number of alkyl halides is 3. The van der Waals surface area contributed by atoms with Crippen LogP contribution in [0.5, 0.6) is 0 Å². The van der Waals surface area contributed by atoms with Crippen molar-refractivity contribution in [2.45, 2.75) is 25.2 Å². The fourth-order valence-corrected chi connectivity index (χ4v) is 3.02. The minimum Gasteiger partial charge on any atom is -0.339 e. The van der Waals surface area contributed by atoms with Crippen LogP contribution < -0.4 is 10.2 Å². The maximum Gasteiger partial charge on any atom is 0.416 e. The van der Waals surface area contributed by atoms with Gasteiger partial charge in [0.2, 0.25) is 5.95 Å². The average molecular weight is 419 g/mol. The average Bonchev–Trinajstić information content (AvgIpc) is 3.01. The summed E-state index contributed by atoms with van der Waals surface area (Å²) >= 11 is 3.27. The van der Waals surface area contributed by atoms with Gasteiger partial charge in [0, 0.05) is 38.1 Å². The number of aromatic nitrogens is 2. The lowest BCUT2D eigenvalue weighted by molar-refractivity contribution is -0.138. The minimum absolute atomic E-state index is 0.0170. The predicted octanol–water partition coefficient (Wildman–Crippen LogP) is 3.77. The number of benzene rings is 1. The quantitative estimate of drug-likeness (QED) is 0.767. The molecule has 1 aliphatic rings. The third-order valence-electron chi connectivity index (χ3n) is 4.03. The summed E-state index contributed by atoms with van der Waals surface area (Å²) in [5.74, 6) is -0.102. The number of nitrogens with one attached hydrogen (secondary N) is 1. The second-order valence-electron chi connectivity index (χ2n) is 5.81. The van der Waals surface area contributed by atoms with E-state index in [2.05, 4.69) is 31.2 Å². The van der Waals surface area contributed by atoms with E-state index >= 15 is 0 Å². The van der Waals surface area contributed by atoms with Crippen molar-refractivity contribution in [2.75, 3.05) is 18.0 Å². The van der Waals surface area contributed by atoms with E-state index in [-0.39, 0.29) is 18.2 Å². The molecule has 9 heteroatoms. The van der Waals surface area contributed by atoms with Crippen LogP contribution in [0.15, 0.2) is 35.1 Å². The van der Waals surface area contributed by atoms with E-state index in [9.17, 15) is 17.6 Å². The van der Waals surface area contributed by atoms with Gasteiger partial charge in [0.25, 0.3) is 0 Å². The zero-order valence-corrected chi connectivity index (χ0v) is 14.6. The van der Waals surface area contributed by atoms with Crippen molar-refractivity contribution in [3.8, 4) is 0 Å². The molecule has 0 radical (unpaired) electrons. The third kappa shape index (κ3) is 4.46. The second-order valence-corrected chi connectivity index (χ2v) is 6.73. The summed E-state index contributed by atoms with van der Waals surface area (Å²) in [6.45, 7) is 1.24. The van der Waals surface area contributed by atoms with Crippen molar-refractivity contribution in [1.82, 2.24) is 15.3 Å². The van der Waals surface area contributed by atoms with Gasteiger partial charge in [0.15, 0.2) is 0 Å². The summed E-state index contributed by atoms with van der Waals surface area (Å²) in [4.78, 5) is 10.4. The smallest absolute Gasteiger partial charge is 0.339 e. The van der Waals surface area contributed by atoms with Crippen molar-refractivity contribution < 1.29 is 17.6 Å². The van der Waals surface area contributed by atoms with Crippen LogP contribution in [-0.4, -0.2) is 29.1 Å². The Morgan fingerprint density at radius 2 is 1.96 bits per heavy atom. The molecule has 1 N–H and O–H groups in total. The van der Waals surface area contributed by atoms with E-state index in [0.717, 1.165) is 29.1 Å². The van der Waals surface area contributed by atoms with Gasteiger partial charge in [-0.25, -0.2) is 14.4 Å². The van der Waals surface area contributed by atoms with E-state index < -0.39 is 17.6 Å². The topological polar surface area (TPSA) is 41.0 Å².